The van der Waals surface area contributed by atoms with Crippen molar-refractivity contribution in [2.45, 2.75) is 25.4 Å². The lowest BCUT2D eigenvalue weighted by atomic mass is 10.2. The maximum Gasteiger partial charge on any atom is 0.326 e. The largest absolute Gasteiger partial charge is 0.480 e. The Bertz CT molecular complexity index is 536. The van der Waals surface area contributed by atoms with Crippen molar-refractivity contribution in [1.82, 2.24) is 10.2 Å². The molecule has 0 radical (unpaired) electrons. The number of nitrogens with zero attached hydrogens (tertiary/aromatic N) is 1. The molecular formula is C13H14F2N2O3. The summed E-state index contributed by atoms with van der Waals surface area (Å²) in [7, 11) is 0. The SMILES string of the molecule is O=C(O)[C@@H]1CCCN1C(=O)NCc1ccc(F)cc1F. The van der Waals surface area contributed by atoms with Crippen LogP contribution in [0.3, 0.4) is 0 Å². The van der Waals surface area contributed by atoms with Gasteiger partial charge >= 0.3 is 12.0 Å². The smallest absolute Gasteiger partial charge is 0.326 e. The summed E-state index contributed by atoms with van der Waals surface area (Å²) in [6.07, 6.45) is 1.03. The van der Waals surface area contributed by atoms with Crippen LogP contribution in [-0.2, 0) is 11.3 Å². The van der Waals surface area contributed by atoms with Crippen LogP contribution >= 0.6 is 0 Å². The van der Waals surface area contributed by atoms with Gasteiger partial charge < -0.3 is 15.3 Å². The molecule has 5 nitrogen and oxygen atoms in total. The summed E-state index contributed by atoms with van der Waals surface area (Å²) in [4.78, 5) is 24.0. The molecule has 1 fully saturated rings. The van der Waals surface area contributed by atoms with E-state index in [0.717, 1.165) is 12.1 Å². The fraction of sp³-hybridized carbons (Fsp3) is 0.385. The van der Waals surface area contributed by atoms with Gasteiger partial charge in [0.05, 0.1) is 0 Å². The van der Waals surface area contributed by atoms with Gasteiger partial charge in [0, 0.05) is 24.7 Å². The number of amides is 2. The molecular weight excluding hydrogens is 270 g/mol. The number of carboxylic acid groups (broad SMARTS) is 1. The highest BCUT2D eigenvalue weighted by Gasteiger charge is 2.33. The summed E-state index contributed by atoms with van der Waals surface area (Å²) < 4.78 is 26.1. The topological polar surface area (TPSA) is 69.6 Å². The van der Waals surface area contributed by atoms with Crippen LogP contribution in [-0.4, -0.2) is 34.6 Å². The minimum atomic E-state index is -1.05. The number of benzene rings is 1. The number of carbonyl (C=O) groups excluding carboxylic acids is 1. The summed E-state index contributed by atoms with van der Waals surface area (Å²) in [5.41, 5.74) is 0.144. The maximum absolute atomic E-state index is 13.4. The van der Waals surface area contributed by atoms with Crippen molar-refractivity contribution in [3.8, 4) is 0 Å². The monoisotopic (exact) mass is 284 g/mol. The van der Waals surface area contributed by atoms with E-state index < -0.39 is 29.7 Å². The number of hydrogen-bond acceptors (Lipinski definition) is 2. The predicted molar refractivity (Wildman–Crippen MR) is 66.0 cm³/mol. The van der Waals surface area contributed by atoms with Crippen LogP contribution in [0.2, 0.25) is 0 Å². The summed E-state index contributed by atoms with van der Waals surface area (Å²) in [6, 6.07) is 1.67. The van der Waals surface area contributed by atoms with Gasteiger partial charge in [-0.25, -0.2) is 18.4 Å². The summed E-state index contributed by atoms with van der Waals surface area (Å²) in [6.45, 7) is 0.239. The molecule has 2 N–H and O–H groups in total. The van der Waals surface area contributed by atoms with Crippen LogP contribution in [0.15, 0.2) is 18.2 Å². The molecule has 20 heavy (non-hydrogen) atoms. The predicted octanol–water partition coefficient (Wildman–Crippen LogP) is 1.72. The third-order valence-corrected chi connectivity index (χ3v) is 3.24. The Kier molecular flexibility index (Phi) is 4.16. The molecule has 0 spiro atoms. The average Bonchev–Trinajstić information content (AvgIpc) is 2.86. The van der Waals surface area contributed by atoms with Crippen molar-refractivity contribution in [1.29, 1.82) is 0 Å². The molecule has 1 aromatic carbocycles. The Morgan fingerprint density at radius 2 is 2.15 bits per heavy atom. The van der Waals surface area contributed by atoms with Crippen LogP contribution in [0.1, 0.15) is 18.4 Å². The zero-order chi connectivity index (χ0) is 14.7. The molecule has 1 aliphatic rings. The van der Waals surface area contributed by atoms with Crippen LogP contribution in [0.25, 0.3) is 0 Å². The molecule has 1 aliphatic heterocycles. The second-order valence-corrected chi connectivity index (χ2v) is 4.58. The van der Waals surface area contributed by atoms with Gasteiger partial charge in [-0.3, -0.25) is 0 Å². The van der Waals surface area contributed by atoms with Crippen LogP contribution in [0.4, 0.5) is 13.6 Å². The molecule has 0 unspecified atom stereocenters. The van der Waals surface area contributed by atoms with Gasteiger partial charge in [-0.2, -0.15) is 0 Å². The van der Waals surface area contributed by atoms with Gasteiger partial charge in [-0.05, 0) is 18.9 Å². The van der Waals surface area contributed by atoms with E-state index in [0.29, 0.717) is 19.4 Å². The molecule has 0 aromatic heterocycles. The van der Waals surface area contributed by atoms with E-state index in [2.05, 4.69) is 5.32 Å². The van der Waals surface area contributed by atoms with Gasteiger partial charge in [0.25, 0.3) is 0 Å². The van der Waals surface area contributed by atoms with Crippen molar-refractivity contribution in [2.75, 3.05) is 6.54 Å². The number of carboxylic acids is 1. The number of likely N-dealkylation sites (tertiary alicyclic amines) is 1. The quantitative estimate of drug-likeness (QED) is 0.888. The van der Waals surface area contributed by atoms with E-state index in [-0.39, 0.29) is 12.1 Å². The molecule has 0 saturated carbocycles. The van der Waals surface area contributed by atoms with Crippen LogP contribution < -0.4 is 5.32 Å². The first-order chi connectivity index (χ1) is 9.49. The zero-order valence-corrected chi connectivity index (χ0v) is 10.6. The van der Waals surface area contributed by atoms with Crippen molar-refractivity contribution in [2.24, 2.45) is 0 Å². The lowest BCUT2D eigenvalue weighted by molar-refractivity contribution is -0.141. The molecule has 0 bridgehead atoms. The number of urea groups is 1. The number of carbonyl (C=O) groups is 2. The van der Waals surface area contributed by atoms with Gasteiger partial charge in [0.15, 0.2) is 0 Å². The summed E-state index contributed by atoms with van der Waals surface area (Å²) in [5.74, 6) is -2.49. The van der Waals surface area contributed by atoms with Crippen molar-refractivity contribution in [3.05, 3.63) is 35.4 Å². The van der Waals surface area contributed by atoms with E-state index in [9.17, 15) is 18.4 Å². The normalized spacial score (nSPS) is 18.1. The van der Waals surface area contributed by atoms with E-state index in [1.54, 1.807) is 0 Å². The van der Waals surface area contributed by atoms with Crippen molar-refractivity contribution in [3.63, 3.8) is 0 Å². The molecule has 1 atom stereocenters. The number of nitrogens with one attached hydrogen (secondary N) is 1. The molecule has 1 heterocycles. The third-order valence-electron chi connectivity index (χ3n) is 3.24. The van der Waals surface area contributed by atoms with Gasteiger partial charge in [0.1, 0.15) is 17.7 Å². The average molecular weight is 284 g/mol. The first-order valence-electron chi connectivity index (χ1n) is 6.20. The lowest BCUT2D eigenvalue weighted by Crippen LogP contribution is -2.45. The van der Waals surface area contributed by atoms with Crippen LogP contribution in [0, 0.1) is 11.6 Å². The minimum absolute atomic E-state index is 0.117. The fourth-order valence-electron chi connectivity index (χ4n) is 2.20. The number of halogens is 2. The lowest BCUT2D eigenvalue weighted by Gasteiger charge is -2.21. The number of aliphatic carboxylic acids is 1. The number of rotatable bonds is 3. The molecule has 1 aromatic rings. The second kappa shape index (κ2) is 5.85. The molecule has 108 valence electrons. The van der Waals surface area contributed by atoms with E-state index in [1.165, 1.54) is 11.0 Å². The first kappa shape index (κ1) is 14.2. The molecule has 2 amide bonds. The Balaban J connectivity index is 1.96. The highest BCUT2D eigenvalue weighted by Crippen LogP contribution is 2.17. The van der Waals surface area contributed by atoms with Gasteiger partial charge in [0.2, 0.25) is 0 Å². The van der Waals surface area contributed by atoms with Crippen molar-refractivity contribution >= 4 is 12.0 Å². The second-order valence-electron chi connectivity index (χ2n) is 4.58. The zero-order valence-electron chi connectivity index (χ0n) is 10.6. The summed E-state index contributed by atoms with van der Waals surface area (Å²) >= 11 is 0. The molecule has 1 saturated heterocycles. The summed E-state index contributed by atoms with van der Waals surface area (Å²) in [5, 5.41) is 11.4. The molecule has 0 aliphatic carbocycles. The van der Waals surface area contributed by atoms with Gasteiger partial charge in [-0.15, -0.1) is 0 Å². The Labute approximate surface area is 114 Å². The highest BCUT2D eigenvalue weighted by atomic mass is 19.1. The Morgan fingerprint density at radius 3 is 2.80 bits per heavy atom. The van der Waals surface area contributed by atoms with E-state index >= 15 is 0 Å². The maximum atomic E-state index is 13.4. The fourth-order valence-corrected chi connectivity index (χ4v) is 2.20. The highest BCUT2D eigenvalue weighted by molar-refractivity contribution is 5.83. The Morgan fingerprint density at radius 1 is 1.40 bits per heavy atom. The number of hydrogen-bond donors (Lipinski definition) is 2. The molecule has 7 heteroatoms. The molecule has 2 rings (SSSR count). The minimum Gasteiger partial charge on any atom is -0.480 e. The van der Waals surface area contributed by atoms with E-state index in [1.807, 2.05) is 0 Å². The first-order valence-corrected chi connectivity index (χ1v) is 6.20. The van der Waals surface area contributed by atoms with Crippen LogP contribution in [0.5, 0.6) is 0 Å². The van der Waals surface area contributed by atoms with E-state index in [4.69, 9.17) is 5.11 Å². The standard InChI is InChI=1S/C13H14F2N2O3/c14-9-4-3-8(10(15)6-9)7-16-13(20)17-5-1-2-11(17)12(18)19/h3-4,6,11H,1-2,5,7H2,(H,16,20)(H,18,19)/t11-/m0/s1. The third kappa shape index (κ3) is 3.04. The van der Waals surface area contributed by atoms with Crippen molar-refractivity contribution < 1.29 is 23.5 Å². The Hall–Kier alpha value is -2.18. The van der Waals surface area contributed by atoms with Gasteiger partial charge in [-0.1, -0.05) is 6.07 Å².